The van der Waals surface area contributed by atoms with Crippen molar-refractivity contribution in [3.05, 3.63) is 58.7 Å². The lowest BCUT2D eigenvalue weighted by atomic mass is 10.1. The Bertz CT molecular complexity index is 1110. The lowest BCUT2D eigenvalue weighted by molar-refractivity contribution is 0.485. The fourth-order valence-electron chi connectivity index (χ4n) is 3.56. The van der Waals surface area contributed by atoms with Gasteiger partial charge in [-0.2, -0.15) is 0 Å². The molecule has 27 heavy (non-hydrogen) atoms. The molecule has 1 fully saturated rings. The Morgan fingerprint density at radius 2 is 1.96 bits per heavy atom. The molecule has 1 aliphatic heterocycles. The number of hydrogen-bond acceptors (Lipinski definition) is 4. The number of anilines is 1. The number of rotatable bonds is 3. The second kappa shape index (κ2) is 7.02. The van der Waals surface area contributed by atoms with E-state index in [1.54, 1.807) is 36.5 Å². The zero-order valence-electron chi connectivity index (χ0n) is 14.7. The molecular formula is C19H19Cl2N3O2S. The Kier molecular flexibility index (Phi) is 4.84. The number of benzene rings is 2. The first-order chi connectivity index (χ1) is 12.9. The average Bonchev–Trinajstić information content (AvgIpc) is 3.06. The normalized spacial score (nSPS) is 18.2. The van der Waals surface area contributed by atoms with Crippen molar-refractivity contribution in [1.29, 1.82) is 0 Å². The summed E-state index contributed by atoms with van der Waals surface area (Å²) in [5, 5.41) is 5.23. The van der Waals surface area contributed by atoms with Gasteiger partial charge in [-0.3, -0.25) is 0 Å². The van der Waals surface area contributed by atoms with Gasteiger partial charge in [0.15, 0.2) is 0 Å². The van der Waals surface area contributed by atoms with Gasteiger partial charge in [-0.15, -0.1) is 0 Å². The van der Waals surface area contributed by atoms with Gasteiger partial charge >= 0.3 is 0 Å². The summed E-state index contributed by atoms with van der Waals surface area (Å²) in [6.07, 6.45) is 1.58. The molecule has 1 N–H and O–H groups in total. The van der Waals surface area contributed by atoms with Crippen LogP contribution in [0.15, 0.2) is 53.6 Å². The highest BCUT2D eigenvalue weighted by atomic mass is 35.5. The van der Waals surface area contributed by atoms with Crippen LogP contribution in [0, 0.1) is 0 Å². The Labute approximate surface area is 168 Å². The topological polar surface area (TPSA) is 54.3 Å². The van der Waals surface area contributed by atoms with Crippen LogP contribution in [-0.4, -0.2) is 38.1 Å². The van der Waals surface area contributed by atoms with Crippen molar-refractivity contribution in [3.8, 4) is 0 Å². The van der Waals surface area contributed by atoms with Gasteiger partial charge in [0.2, 0.25) is 0 Å². The van der Waals surface area contributed by atoms with Gasteiger partial charge in [-0.05, 0) is 43.3 Å². The van der Waals surface area contributed by atoms with E-state index < -0.39 is 10.0 Å². The van der Waals surface area contributed by atoms with Crippen LogP contribution in [0.25, 0.3) is 10.9 Å². The number of aromatic nitrogens is 1. The van der Waals surface area contributed by atoms with Gasteiger partial charge in [-0.25, -0.2) is 12.4 Å². The van der Waals surface area contributed by atoms with Crippen molar-refractivity contribution in [2.45, 2.75) is 17.9 Å². The zero-order chi connectivity index (χ0) is 19.2. The Morgan fingerprint density at radius 3 is 2.70 bits per heavy atom. The van der Waals surface area contributed by atoms with Crippen LogP contribution in [-0.2, 0) is 10.0 Å². The van der Waals surface area contributed by atoms with E-state index in [2.05, 4.69) is 17.1 Å². The summed E-state index contributed by atoms with van der Waals surface area (Å²) >= 11 is 12.5. The quantitative estimate of drug-likeness (QED) is 0.691. The fourth-order valence-corrected chi connectivity index (χ4v) is 5.49. The van der Waals surface area contributed by atoms with Gasteiger partial charge in [0.25, 0.3) is 10.0 Å². The number of fused-ring (bicyclic) bond motifs is 1. The highest BCUT2D eigenvalue weighted by Gasteiger charge is 2.24. The minimum Gasteiger partial charge on any atom is -0.367 e. The maximum Gasteiger partial charge on any atom is 0.268 e. The minimum atomic E-state index is -3.76. The monoisotopic (exact) mass is 423 g/mol. The summed E-state index contributed by atoms with van der Waals surface area (Å²) in [6, 6.07) is 11.9. The number of hydrogen-bond donors (Lipinski definition) is 1. The molecule has 0 bridgehead atoms. The van der Waals surface area contributed by atoms with E-state index in [1.807, 2.05) is 6.07 Å². The maximum atomic E-state index is 13.1. The maximum absolute atomic E-state index is 13.1. The number of nitrogens with zero attached hydrogens (tertiary/aromatic N) is 2. The molecule has 0 radical (unpaired) electrons. The number of piperazine rings is 1. The third-order valence-electron chi connectivity index (χ3n) is 4.80. The molecule has 8 heteroatoms. The number of nitrogens with one attached hydrogen (secondary N) is 1. The van der Waals surface area contributed by atoms with Crippen LogP contribution in [0.1, 0.15) is 6.92 Å². The molecule has 0 spiro atoms. The van der Waals surface area contributed by atoms with E-state index in [1.165, 1.54) is 10.0 Å². The summed E-state index contributed by atoms with van der Waals surface area (Å²) < 4.78 is 27.6. The summed E-state index contributed by atoms with van der Waals surface area (Å²) in [6.45, 7) is 4.60. The first kappa shape index (κ1) is 18.6. The van der Waals surface area contributed by atoms with Crippen molar-refractivity contribution in [2.75, 3.05) is 24.5 Å². The van der Waals surface area contributed by atoms with E-state index in [0.717, 1.165) is 30.7 Å². The SMILES string of the molecule is C[C@@H]1CN(c2c(Cl)ccc3c2ccn3S(=O)(=O)c2cccc(Cl)c2)CCN1. The van der Waals surface area contributed by atoms with Crippen molar-refractivity contribution in [2.24, 2.45) is 0 Å². The van der Waals surface area contributed by atoms with Gasteiger partial charge < -0.3 is 10.2 Å². The largest absolute Gasteiger partial charge is 0.367 e. The van der Waals surface area contributed by atoms with Crippen molar-refractivity contribution < 1.29 is 8.42 Å². The van der Waals surface area contributed by atoms with Crippen LogP contribution in [0.3, 0.4) is 0 Å². The molecule has 0 unspecified atom stereocenters. The lowest BCUT2D eigenvalue weighted by Crippen LogP contribution is -2.49. The smallest absolute Gasteiger partial charge is 0.268 e. The molecule has 1 saturated heterocycles. The molecule has 1 atom stereocenters. The minimum absolute atomic E-state index is 0.153. The second-order valence-electron chi connectivity index (χ2n) is 6.70. The molecule has 3 aromatic rings. The Hall–Kier alpha value is -1.73. The molecule has 142 valence electrons. The molecule has 0 saturated carbocycles. The molecule has 1 aromatic heterocycles. The highest BCUT2D eigenvalue weighted by Crippen LogP contribution is 2.36. The second-order valence-corrected chi connectivity index (χ2v) is 9.36. The van der Waals surface area contributed by atoms with E-state index in [4.69, 9.17) is 23.2 Å². The Balaban J connectivity index is 1.86. The standard InChI is InChI=1S/C19H19Cl2N3O2S/c1-13-12-23(10-8-22-13)19-16-7-9-24(18(16)6-5-17(19)21)27(25,26)15-4-2-3-14(20)11-15/h2-7,9,11,13,22H,8,10,12H2,1H3/t13-/m1/s1. The molecule has 1 aliphatic rings. The molecule has 4 rings (SSSR count). The molecular weight excluding hydrogens is 405 g/mol. The summed E-state index contributed by atoms with van der Waals surface area (Å²) in [5.41, 5.74) is 1.48. The average molecular weight is 424 g/mol. The van der Waals surface area contributed by atoms with E-state index >= 15 is 0 Å². The van der Waals surface area contributed by atoms with Crippen LogP contribution >= 0.6 is 23.2 Å². The molecule has 5 nitrogen and oxygen atoms in total. The molecule has 0 amide bonds. The summed E-state index contributed by atoms with van der Waals surface area (Å²) in [7, 11) is -3.76. The first-order valence-electron chi connectivity index (χ1n) is 8.67. The predicted octanol–water partition coefficient (Wildman–Crippen LogP) is 3.98. The van der Waals surface area contributed by atoms with Crippen LogP contribution < -0.4 is 10.2 Å². The van der Waals surface area contributed by atoms with Crippen LogP contribution in [0.4, 0.5) is 5.69 Å². The highest BCUT2D eigenvalue weighted by molar-refractivity contribution is 7.90. The predicted molar refractivity (Wildman–Crippen MR) is 111 cm³/mol. The van der Waals surface area contributed by atoms with Gasteiger partial charge in [0.05, 0.1) is 21.1 Å². The lowest BCUT2D eigenvalue weighted by Gasteiger charge is -2.34. The summed E-state index contributed by atoms with van der Waals surface area (Å²) in [4.78, 5) is 2.36. The van der Waals surface area contributed by atoms with E-state index in [-0.39, 0.29) is 4.90 Å². The van der Waals surface area contributed by atoms with Crippen molar-refractivity contribution in [3.63, 3.8) is 0 Å². The Morgan fingerprint density at radius 1 is 1.15 bits per heavy atom. The molecule has 2 aromatic carbocycles. The van der Waals surface area contributed by atoms with Gasteiger partial charge in [0.1, 0.15) is 0 Å². The van der Waals surface area contributed by atoms with Gasteiger partial charge in [0, 0.05) is 42.3 Å². The number of halogens is 2. The first-order valence-corrected chi connectivity index (χ1v) is 10.9. The van der Waals surface area contributed by atoms with Crippen LogP contribution in [0.5, 0.6) is 0 Å². The fraction of sp³-hybridized carbons (Fsp3) is 0.263. The van der Waals surface area contributed by atoms with Crippen LogP contribution in [0.2, 0.25) is 10.0 Å². The molecule has 0 aliphatic carbocycles. The zero-order valence-corrected chi connectivity index (χ0v) is 17.0. The van der Waals surface area contributed by atoms with Gasteiger partial charge in [-0.1, -0.05) is 29.3 Å². The molecule has 2 heterocycles. The summed E-state index contributed by atoms with van der Waals surface area (Å²) in [5.74, 6) is 0. The van der Waals surface area contributed by atoms with E-state index in [0.29, 0.717) is 21.6 Å². The van der Waals surface area contributed by atoms with Crippen molar-refractivity contribution >= 4 is 49.8 Å². The third kappa shape index (κ3) is 3.31. The van der Waals surface area contributed by atoms with Crippen molar-refractivity contribution in [1.82, 2.24) is 9.29 Å². The van der Waals surface area contributed by atoms with E-state index in [9.17, 15) is 8.42 Å². The third-order valence-corrected chi connectivity index (χ3v) is 7.02.